The molecular weight excluding hydrogens is 380 g/mol. The van der Waals surface area contributed by atoms with E-state index in [1.54, 1.807) is 24.3 Å². The van der Waals surface area contributed by atoms with Crippen molar-refractivity contribution in [1.29, 1.82) is 0 Å². The third kappa shape index (κ3) is 5.82. The molecule has 0 aromatic heterocycles. The van der Waals surface area contributed by atoms with Crippen LogP contribution in [0.3, 0.4) is 0 Å². The fourth-order valence-corrected chi connectivity index (χ4v) is 2.16. The Bertz CT molecular complexity index is 752. The van der Waals surface area contributed by atoms with E-state index in [-0.39, 0.29) is 11.7 Å². The number of hydrazone groups is 1. The van der Waals surface area contributed by atoms with Gasteiger partial charge in [-0.1, -0.05) is 23.7 Å². The number of guanidine groups is 1. The molecule has 146 valence electrons. The number of carbonyl (C=O) groups is 1. The summed E-state index contributed by atoms with van der Waals surface area (Å²) >= 11 is 5.80. The molecule has 7 N–H and O–H groups in total. The van der Waals surface area contributed by atoms with Gasteiger partial charge in [0.05, 0.1) is 12.8 Å². The summed E-state index contributed by atoms with van der Waals surface area (Å²) in [5.74, 6) is -0.473. The highest BCUT2D eigenvalue weighted by Gasteiger charge is 2.29. The van der Waals surface area contributed by atoms with Crippen LogP contribution in [0.1, 0.15) is 5.56 Å². The molecule has 0 fully saturated rings. The molecule has 0 saturated carbocycles. The summed E-state index contributed by atoms with van der Waals surface area (Å²) in [7, 11) is 0. The molecule has 1 aromatic rings. The molecular formula is C16H19ClN4O6. The number of aliphatic hydroxyl groups excluding tert-OH is 5. The summed E-state index contributed by atoms with van der Waals surface area (Å²) < 4.78 is 0. The minimum atomic E-state index is -1.78. The highest BCUT2D eigenvalue weighted by atomic mass is 35.5. The zero-order valence-corrected chi connectivity index (χ0v) is 14.7. The largest absolute Gasteiger partial charge is 0.394 e. The average Bonchev–Trinajstić information content (AvgIpc) is 3.00. The van der Waals surface area contributed by atoms with Crippen LogP contribution in [-0.2, 0) is 4.79 Å². The number of aliphatic hydroxyl groups is 5. The summed E-state index contributed by atoms with van der Waals surface area (Å²) in [5, 5.41) is 53.3. The Morgan fingerprint density at radius 1 is 1.19 bits per heavy atom. The van der Waals surface area contributed by atoms with Gasteiger partial charge >= 0.3 is 0 Å². The van der Waals surface area contributed by atoms with E-state index in [1.165, 1.54) is 6.08 Å². The van der Waals surface area contributed by atoms with Crippen LogP contribution in [0.4, 0.5) is 0 Å². The van der Waals surface area contributed by atoms with Crippen LogP contribution in [0.15, 0.2) is 40.1 Å². The second-order valence-corrected chi connectivity index (χ2v) is 6.04. The van der Waals surface area contributed by atoms with Gasteiger partial charge in [-0.3, -0.25) is 10.1 Å². The first kappa shape index (κ1) is 21.0. The molecule has 27 heavy (non-hydrogen) atoms. The van der Waals surface area contributed by atoms with Gasteiger partial charge in [0.25, 0.3) is 5.91 Å². The van der Waals surface area contributed by atoms with Crippen molar-refractivity contribution < 1.29 is 30.3 Å². The number of halogens is 1. The Balaban J connectivity index is 1.96. The Morgan fingerprint density at radius 3 is 2.48 bits per heavy atom. The van der Waals surface area contributed by atoms with Crippen molar-refractivity contribution in [3.63, 3.8) is 0 Å². The molecule has 1 aliphatic rings. The zero-order valence-electron chi connectivity index (χ0n) is 13.9. The van der Waals surface area contributed by atoms with Gasteiger partial charge in [-0.15, -0.1) is 0 Å². The lowest BCUT2D eigenvalue weighted by Gasteiger charge is -2.23. The van der Waals surface area contributed by atoms with Gasteiger partial charge in [0.15, 0.2) is 0 Å². The number of nitrogens with one attached hydrogen (secondary N) is 2. The molecule has 1 amide bonds. The van der Waals surface area contributed by atoms with Gasteiger partial charge in [-0.05, 0) is 23.8 Å². The molecule has 1 aliphatic heterocycles. The molecule has 0 bridgehead atoms. The van der Waals surface area contributed by atoms with E-state index in [0.29, 0.717) is 10.6 Å². The lowest BCUT2D eigenvalue weighted by molar-refractivity contribution is -0.115. The number of hydrogen-bond donors (Lipinski definition) is 7. The summed E-state index contributed by atoms with van der Waals surface area (Å²) in [6.45, 7) is -0.786. The highest BCUT2D eigenvalue weighted by Crippen LogP contribution is 2.14. The summed E-state index contributed by atoms with van der Waals surface area (Å²) in [5.41, 5.74) is 3.20. The Morgan fingerprint density at radius 2 is 1.85 bits per heavy atom. The lowest BCUT2D eigenvalue weighted by Crippen LogP contribution is -2.46. The molecule has 4 atom stereocenters. The molecule has 1 aromatic carbocycles. The Kier molecular flexibility index (Phi) is 7.42. The van der Waals surface area contributed by atoms with Gasteiger partial charge in [-0.25, -0.2) is 10.4 Å². The van der Waals surface area contributed by atoms with Crippen LogP contribution in [-0.4, -0.2) is 74.6 Å². The van der Waals surface area contributed by atoms with E-state index >= 15 is 0 Å². The van der Waals surface area contributed by atoms with E-state index in [0.717, 1.165) is 6.21 Å². The fraction of sp³-hybridized carbons (Fsp3) is 0.312. The quantitative estimate of drug-likeness (QED) is 0.161. The van der Waals surface area contributed by atoms with Crippen LogP contribution in [0.2, 0.25) is 5.02 Å². The molecule has 0 spiro atoms. The molecule has 10 nitrogen and oxygen atoms in total. The average molecular weight is 399 g/mol. The van der Waals surface area contributed by atoms with Gasteiger partial charge in [0, 0.05) is 5.02 Å². The smallest absolute Gasteiger partial charge is 0.276 e. The number of benzene rings is 1. The second kappa shape index (κ2) is 9.55. The second-order valence-electron chi connectivity index (χ2n) is 5.61. The molecule has 0 aliphatic carbocycles. The predicted octanol–water partition coefficient (Wildman–Crippen LogP) is -1.82. The SMILES string of the molecule is O=C1NC(N/N=C/[C@@H](O)[C@@H](O)[C@H](O)[C@H](O)CO)=N/C1=C\c1ccc(Cl)cc1. The molecule has 0 saturated heterocycles. The summed E-state index contributed by atoms with van der Waals surface area (Å²) in [4.78, 5) is 15.9. The lowest BCUT2D eigenvalue weighted by atomic mass is 10.0. The van der Waals surface area contributed by atoms with E-state index < -0.39 is 36.9 Å². The van der Waals surface area contributed by atoms with E-state index in [4.69, 9.17) is 16.7 Å². The number of hydrogen-bond acceptors (Lipinski definition) is 9. The maximum absolute atomic E-state index is 11.9. The molecule has 11 heteroatoms. The van der Waals surface area contributed by atoms with Crippen LogP contribution in [0.5, 0.6) is 0 Å². The maximum Gasteiger partial charge on any atom is 0.276 e. The van der Waals surface area contributed by atoms with E-state index in [2.05, 4.69) is 20.8 Å². The van der Waals surface area contributed by atoms with Crippen molar-refractivity contribution in [2.45, 2.75) is 24.4 Å². The summed E-state index contributed by atoms with van der Waals surface area (Å²) in [6.07, 6.45) is -4.43. The molecule has 0 unspecified atom stereocenters. The van der Waals surface area contributed by atoms with Crippen molar-refractivity contribution in [2.75, 3.05) is 6.61 Å². The number of aliphatic imine (C=N–C) groups is 1. The topological polar surface area (TPSA) is 167 Å². The molecule has 1 heterocycles. The maximum atomic E-state index is 11.9. The normalized spacial score (nSPS) is 20.3. The van der Waals surface area contributed by atoms with Gasteiger partial charge in [0.1, 0.15) is 30.1 Å². The van der Waals surface area contributed by atoms with Crippen molar-refractivity contribution in [3.05, 3.63) is 40.5 Å². The monoisotopic (exact) mass is 398 g/mol. The first-order valence-corrected chi connectivity index (χ1v) is 8.19. The van der Waals surface area contributed by atoms with Crippen molar-refractivity contribution in [3.8, 4) is 0 Å². The van der Waals surface area contributed by atoms with Crippen molar-refractivity contribution >= 4 is 35.8 Å². The molecule has 2 rings (SSSR count). The van der Waals surface area contributed by atoms with Crippen molar-refractivity contribution in [2.24, 2.45) is 10.1 Å². The highest BCUT2D eigenvalue weighted by molar-refractivity contribution is 6.30. The van der Waals surface area contributed by atoms with E-state index in [1.807, 2.05) is 0 Å². The predicted molar refractivity (Wildman–Crippen MR) is 97.7 cm³/mol. The number of carbonyl (C=O) groups excluding carboxylic acids is 1. The Hall–Kier alpha value is -2.34. The van der Waals surface area contributed by atoms with Gasteiger partial charge in [-0.2, -0.15) is 5.10 Å². The first-order chi connectivity index (χ1) is 12.8. The van der Waals surface area contributed by atoms with Crippen LogP contribution >= 0.6 is 11.6 Å². The van der Waals surface area contributed by atoms with Crippen LogP contribution < -0.4 is 10.7 Å². The number of nitrogens with zero attached hydrogens (tertiary/aromatic N) is 2. The van der Waals surface area contributed by atoms with Crippen molar-refractivity contribution in [1.82, 2.24) is 10.7 Å². The summed E-state index contributed by atoms with van der Waals surface area (Å²) in [6, 6.07) is 6.77. The number of amides is 1. The van der Waals surface area contributed by atoms with Gasteiger partial charge < -0.3 is 25.5 Å². The number of rotatable bonds is 7. The minimum absolute atomic E-state index is 0.00547. The first-order valence-electron chi connectivity index (χ1n) is 7.81. The molecule has 0 radical (unpaired) electrons. The fourth-order valence-electron chi connectivity index (χ4n) is 2.04. The standard InChI is InChI=1S/C16H19ClN4O6/c17-9-3-1-8(2-4-9)5-10-15(27)20-16(19-10)21-18-6-11(23)13(25)14(26)12(24)7-22/h1-6,11-14,22-26H,7H2,(H2,19,20,21,27)/b10-5-,18-6+/t11-,12-,13-,14-/m1/s1. The third-order valence-corrected chi connectivity index (χ3v) is 3.80. The van der Waals surface area contributed by atoms with E-state index in [9.17, 15) is 25.2 Å². The zero-order chi connectivity index (χ0) is 20.0. The van der Waals surface area contributed by atoms with Gasteiger partial charge in [0.2, 0.25) is 5.96 Å². The van der Waals surface area contributed by atoms with Crippen LogP contribution in [0, 0.1) is 0 Å². The van der Waals surface area contributed by atoms with Crippen LogP contribution in [0.25, 0.3) is 6.08 Å². The third-order valence-electron chi connectivity index (χ3n) is 3.55. The minimum Gasteiger partial charge on any atom is -0.394 e. The Labute approximate surface area is 159 Å².